The van der Waals surface area contributed by atoms with Gasteiger partial charge in [0.05, 0.1) is 23.3 Å². The van der Waals surface area contributed by atoms with Crippen molar-refractivity contribution in [2.45, 2.75) is 38.0 Å². The molecule has 0 saturated carbocycles. The van der Waals surface area contributed by atoms with E-state index in [1.807, 2.05) is 55.7 Å². The molecule has 1 aromatic heterocycles. The van der Waals surface area contributed by atoms with Crippen LogP contribution in [0.15, 0.2) is 53.7 Å². The van der Waals surface area contributed by atoms with E-state index in [0.717, 1.165) is 11.0 Å². The standard InChI is InChI=1S/C20H22FN3OS/c1-20(2,3)23-18(25)13-26-19-22-16-10-6-7-11-17(16)24(19)12-14-8-4-5-9-15(14)21/h4-11H,12-13H2,1-3H3,(H,23,25). The Morgan fingerprint density at radius 1 is 1.15 bits per heavy atom. The summed E-state index contributed by atoms with van der Waals surface area (Å²) in [7, 11) is 0. The highest BCUT2D eigenvalue weighted by atomic mass is 32.2. The molecule has 0 unspecified atom stereocenters. The molecule has 136 valence electrons. The zero-order valence-corrected chi connectivity index (χ0v) is 15.9. The van der Waals surface area contributed by atoms with Crippen LogP contribution in [0, 0.1) is 5.82 Å². The molecular weight excluding hydrogens is 349 g/mol. The van der Waals surface area contributed by atoms with E-state index in [9.17, 15) is 9.18 Å². The van der Waals surface area contributed by atoms with Gasteiger partial charge in [-0.3, -0.25) is 4.79 Å². The van der Waals surface area contributed by atoms with Crippen molar-refractivity contribution >= 4 is 28.7 Å². The smallest absolute Gasteiger partial charge is 0.230 e. The second kappa shape index (κ2) is 7.50. The molecule has 1 amide bonds. The zero-order chi connectivity index (χ0) is 18.7. The highest BCUT2D eigenvalue weighted by Gasteiger charge is 2.17. The van der Waals surface area contributed by atoms with Crippen molar-refractivity contribution < 1.29 is 9.18 Å². The molecular formula is C20H22FN3OS. The Balaban J connectivity index is 1.88. The number of benzene rings is 2. The van der Waals surface area contributed by atoms with Crippen molar-refractivity contribution in [2.75, 3.05) is 5.75 Å². The van der Waals surface area contributed by atoms with E-state index in [-0.39, 0.29) is 23.0 Å². The number of hydrogen-bond donors (Lipinski definition) is 1. The Morgan fingerprint density at radius 2 is 1.85 bits per heavy atom. The van der Waals surface area contributed by atoms with Gasteiger partial charge in [-0.1, -0.05) is 42.1 Å². The Labute approximate surface area is 156 Å². The number of fused-ring (bicyclic) bond motifs is 1. The topological polar surface area (TPSA) is 46.9 Å². The lowest BCUT2D eigenvalue weighted by Gasteiger charge is -2.20. The number of nitrogens with one attached hydrogen (secondary N) is 1. The fourth-order valence-corrected chi connectivity index (χ4v) is 3.51. The number of aromatic nitrogens is 2. The van der Waals surface area contributed by atoms with Gasteiger partial charge in [0.1, 0.15) is 5.82 Å². The van der Waals surface area contributed by atoms with Gasteiger partial charge in [-0.05, 0) is 39.0 Å². The van der Waals surface area contributed by atoms with Gasteiger partial charge in [0.2, 0.25) is 5.91 Å². The summed E-state index contributed by atoms with van der Waals surface area (Å²) in [5.41, 5.74) is 2.08. The van der Waals surface area contributed by atoms with Crippen LogP contribution in [0.2, 0.25) is 0 Å². The highest BCUT2D eigenvalue weighted by molar-refractivity contribution is 7.99. The monoisotopic (exact) mass is 371 g/mol. The summed E-state index contributed by atoms with van der Waals surface area (Å²) in [6, 6.07) is 14.5. The minimum absolute atomic E-state index is 0.0491. The molecule has 4 nitrogen and oxygen atoms in total. The maximum atomic E-state index is 14.1. The van der Waals surface area contributed by atoms with Crippen molar-refractivity contribution in [2.24, 2.45) is 0 Å². The Kier molecular flexibility index (Phi) is 5.32. The molecule has 0 aliphatic heterocycles. The second-order valence-electron chi connectivity index (χ2n) is 7.15. The summed E-state index contributed by atoms with van der Waals surface area (Å²) < 4.78 is 16.1. The van der Waals surface area contributed by atoms with Gasteiger partial charge in [-0.25, -0.2) is 9.37 Å². The van der Waals surface area contributed by atoms with Gasteiger partial charge in [-0.15, -0.1) is 0 Å². The first-order valence-electron chi connectivity index (χ1n) is 8.46. The lowest BCUT2D eigenvalue weighted by atomic mass is 10.1. The number of rotatable bonds is 5. The largest absolute Gasteiger partial charge is 0.351 e. The van der Waals surface area contributed by atoms with Crippen LogP contribution in [0.4, 0.5) is 4.39 Å². The average Bonchev–Trinajstić information content (AvgIpc) is 2.91. The Bertz CT molecular complexity index is 930. The number of carbonyl (C=O) groups is 1. The maximum absolute atomic E-state index is 14.1. The van der Waals surface area contributed by atoms with Crippen LogP contribution in [0.5, 0.6) is 0 Å². The molecule has 0 aliphatic rings. The van der Waals surface area contributed by atoms with Crippen LogP contribution in [-0.4, -0.2) is 26.8 Å². The SMILES string of the molecule is CC(C)(C)NC(=O)CSc1nc2ccccc2n1Cc1ccccc1F. The maximum Gasteiger partial charge on any atom is 0.230 e. The van der Waals surface area contributed by atoms with Crippen LogP contribution < -0.4 is 5.32 Å². The molecule has 0 spiro atoms. The quantitative estimate of drug-likeness (QED) is 0.683. The fourth-order valence-electron chi connectivity index (χ4n) is 2.70. The zero-order valence-electron chi connectivity index (χ0n) is 15.1. The summed E-state index contributed by atoms with van der Waals surface area (Å²) in [4.78, 5) is 16.8. The van der Waals surface area contributed by atoms with E-state index in [1.165, 1.54) is 17.8 Å². The molecule has 26 heavy (non-hydrogen) atoms. The molecule has 2 aromatic carbocycles. The molecule has 0 aliphatic carbocycles. The van der Waals surface area contributed by atoms with Crippen LogP contribution in [0.25, 0.3) is 11.0 Å². The summed E-state index contributed by atoms with van der Waals surface area (Å²) in [5.74, 6) is -0.0311. The van der Waals surface area contributed by atoms with E-state index in [2.05, 4.69) is 10.3 Å². The molecule has 3 aromatic rings. The molecule has 0 saturated heterocycles. The van der Waals surface area contributed by atoms with E-state index in [4.69, 9.17) is 0 Å². The lowest BCUT2D eigenvalue weighted by molar-refractivity contribution is -0.119. The summed E-state index contributed by atoms with van der Waals surface area (Å²) in [5, 5.41) is 3.65. The molecule has 0 atom stereocenters. The lowest BCUT2D eigenvalue weighted by Crippen LogP contribution is -2.41. The molecule has 0 radical (unpaired) electrons. The van der Waals surface area contributed by atoms with Crippen LogP contribution in [-0.2, 0) is 11.3 Å². The van der Waals surface area contributed by atoms with E-state index < -0.39 is 0 Å². The Morgan fingerprint density at radius 3 is 2.58 bits per heavy atom. The molecule has 0 bridgehead atoms. The first-order chi connectivity index (χ1) is 12.3. The molecule has 1 heterocycles. The predicted octanol–water partition coefficient (Wildman–Crippen LogP) is 4.23. The molecule has 0 fully saturated rings. The normalized spacial score (nSPS) is 11.7. The van der Waals surface area contributed by atoms with Gasteiger partial charge in [0.25, 0.3) is 0 Å². The van der Waals surface area contributed by atoms with Gasteiger partial charge in [-0.2, -0.15) is 0 Å². The van der Waals surface area contributed by atoms with E-state index in [0.29, 0.717) is 17.3 Å². The van der Waals surface area contributed by atoms with Crippen molar-refractivity contribution in [1.29, 1.82) is 0 Å². The van der Waals surface area contributed by atoms with Gasteiger partial charge >= 0.3 is 0 Å². The van der Waals surface area contributed by atoms with Crippen LogP contribution in [0.3, 0.4) is 0 Å². The number of imidazole rings is 1. The predicted molar refractivity (Wildman–Crippen MR) is 104 cm³/mol. The van der Waals surface area contributed by atoms with Crippen molar-refractivity contribution in [3.05, 3.63) is 59.9 Å². The number of para-hydroxylation sites is 2. The fraction of sp³-hybridized carbons (Fsp3) is 0.300. The van der Waals surface area contributed by atoms with Crippen molar-refractivity contribution in [3.8, 4) is 0 Å². The highest BCUT2D eigenvalue weighted by Crippen LogP contribution is 2.25. The van der Waals surface area contributed by atoms with Crippen molar-refractivity contribution in [3.63, 3.8) is 0 Å². The van der Waals surface area contributed by atoms with Gasteiger partial charge in [0, 0.05) is 11.1 Å². The summed E-state index contributed by atoms with van der Waals surface area (Å²) in [6.45, 7) is 6.21. The summed E-state index contributed by atoms with van der Waals surface area (Å²) >= 11 is 1.36. The number of amides is 1. The molecule has 6 heteroatoms. The number of halogens is 1. The Hall–Kier alpha value is -2.34. The van der Waals surface area contributed by atoms with E-state index >= 15 is 0 Å². The molecule has 1 N–H and O–H groups in total. The van der Waals surface area contributed by atoms with Crippen LogP contribution in [0.1, 0.15) is 26.3 Å². The van der Waals surface area contributed by atoms with E-state index in [1.54, 1.807) is 12.1 Å². The number of nitrogens with zero attached hydrogens (tertiary/aromatic N) is 2. The van der Waals surface area contributed by atoms with Gasteiger partial charge < -0.3 is 9.88 Å². The minimum Gasteiger partial charge on any atom is -0.351 e. The number of thioether (sulfide) groups is 1. The second-order valence-corrected chi connectivity index (χ2v) is 8.09. The third-order valence-electron chi connectivity index (χ3n) is 3.75. The van der Waals surface area contributed by atoms with Gasteiger partial charge in [0.15, 0.2) is 5.16 Å². The first-order valence-corrected chi connectivity index (χ1v) is 9.44. The van der Waals surface area contributed by atoms with Crippen molar-refractivity contribution in [1.82, 2.24) is 14.9 Å². The number of hydrogen-bond acceptors (Lipinski definition) is 3. The summed E-state index contributed by atoms with van der Waals surface area (Å²) in [6.07, 6.45) is 0. The average molecular weight is 371 g/mol. The molecule has 3 rings (SSSR count). The van der Waals surface area contributed by atoms with Crippen LogP contribution >= 0.6 is 11.8 Å². The third kappa shape index (κ3) is 4.43. The third-order valence-corrected chi connectivity index (χ3v) is 4.73. The minimum atomic E-state index is -0.273. The first kappa shape index (κ1) is 18.5. The number of carbonyl (C=O) groups excluding carboxylic acids is 1.